The van der Waals surface area contributed by atoms with E-state index in [1.807, 2.05) is 7.05 Å². The van der Waals surface area contributed by atoms with E-state index in [-0.39, 0.29) is 11.7 Å². The number of halogens is 3. The first-order chi connectivity index (χ1) is 11.8. The van der Waals surface area contributed by atoms with Crippen molar-refractivity contribution in [1.82, 2.24) is 9.88 Å². The highest BCUT2D eigenvalue weighted by Crippen LogP contribution is 2.28. The van der Waals surface area contributed by atoms with Gasteiger partial charge in [0.1, 0.15) is 5.75 Å². The Morgan fingerprint density at radius 3 is 2.76 bits per heavy atom. The second kappa shape index (κ2) is 7.01. The minimum atomic E-state index is -4.39. The van der Waals surface area contributed by atoms with Gasteiger partial charge in [-0.2, -0.15) is 13.2 Å². The highest BCUT2D eigenvalue weighted by Gasteiger charge is 2.28. The summed E-state index contributed by atoms with van der Waals surface area (Å²) in [6, 6.07) is 5.51. The van der Waals surface area contributed by atoms with Crippen LogP contribution in [0.2, 0.25) is 0 Å². The van der Waals surface area contributed by atoms with Gasteiger partial charge in [-0.3, -0.25) is 10.1 Å². The van der Waals surface area contributed by atoms with Crippen molar-refractivity contribution in [2.75, 3.05) is 25.5 Å². The first-order valence-electron chi connectivity index (χ1n) is 7.58. The lowest BCUT2D eigenvalue weighted by atomic mass is 10.2. The molecule has 1 aliphatic heterocycles. The first-order valence-corrected chi connectivity index (χ1v) is 8.40. The quantitative estimate of drug-likeness (QED) is 0.896. The number of thiazole rings is 1. The van der Waals surface area contributed by atoms with Crippen molar-refractivity contribution >= 4 is 22.4 Å². The molecule has 0 fully saturated rings. The number of nitrogens with zero attached hydrogens (tertiary/aromatic N) is 2. The predicted molar refractivity (Wildman–Crippen MR) is 88.1 cm³/mol. The summed E-state index contributed by atoms with van der Waals surface area (Å²) in [4.78, 5) is 20.0. The smallest absolute Gasteiger partial charge is 0.422 e. The fraction of sp³-hybridized carbons (Fsp3) is 0.375. The number of carbonyl (C=O) groups is 1. The number of hydrogen-bond donors (Lipinski definition) is 1. The molecule has 0 unspecified atom stereocenters. The number of likely N-dealkylation sites (N-methyl/N-ethyl adjacent to an activating group) is 1. The topological polar surface area (TPSA) is 54.5 Å². The molecule has 0 radical (unpaired) electrons. The van der Waals surface area contributed by atoms with Gasteiger partial charge in [0, 0.05) is 30.0 Å². The number of alkyl halides is 3. The Morgan fingerprint density at radius 1 is 1.36 bits per heavy atom. The van der Waals surface area contributed by atoms with E-state index in [0.29, 0.717) is 10.7 Å². The molecular weight excluding hydrogens is 355 g/mol. The Hall–Kier alpha value is -2.13. The lowest BCUT2D eigenvalue weighted by Gasteiger charge is -2.20. The molecule has 5 nitrogen and oxygen atoms in total. The molecule has 1 amide bonds. The van der Waals surface area contributed by atoms with E-state index in [1.54, 1.807) is 0 Å². The Bertz CT molecular complexity index is 759. The zero-order valence-electron chi connectivity index (χ0n) is 13.4. The summed E-state index contributed by atoms with van der Waals surface area (Å²) >= 11 is 1.44. The second-order valence-corrected chi connectivity index (χ2v) is 6.84. The molecule has 0 aliphatic carbocycles. The lowest BCUT2D eigenvalue weighted by molar-refractivity contribution is -0.153. The van der Waals surface area contributed by atoms with Crippen molar-refractivity contribution in [3.8, 4) is 5.75 Å². The van der Waals surface area contributed by atoms with E-state index in [2.05, 4.69) is 19.9 Å². The van der Waals surface area contributed by atoms with E-state index in [0.717, 1.165) is 30.1 Å². The molecular formula is C16H16F3N3O2S. The molecule has 0 spiro atoms. The Morgan fingerprint density at radius 2 is 2.08 bits per heavy atom. The van der Waals surface area contributed by atoms with Crippen LogP contribution >= 0.6 is 11.3 Å². The third-order valence-corrected chi connectivity index (χ3v) is 4.66. The van der Waals surface area contributed by atoms with Gasteiger partial charge >= 0.3 is 6.18 Å². The van der Waals surface area contributed by atoms with Gasteiger partial charge in [0.25, 0.3) is 5.91 Å². The number of anilines is 1. The maximum atomic E-state index is 12.2. The highest BCUT2D eigenvalue weighted by atomic mass is 32.1. The van der Waals surface area contributed by atoms with Gasteiger partial charge in [-0.05, 0) is 31.3 Å². The molecule has 3 rings (SSSR count). The lowest BCUT2D eigenvalue weighted by Crippen LogP contribution is -2.25. The Labute approximate surface area is 146 Å². The number of carbonyl (C=O) groups excluding carboxylic acids is 1. The van der Waals surface area contributed by atoms with Gasteiger partial charge in [-0.1, -0.05) is 0 Å². The summed E-state index contributed by atoms with van der Waals surface area (Å²) in [5.41, 5.74) is 1.33. The van der Waals surface area contributed by atoms with Crippen LogP contribution in [0.25, 0.3) is 0 Å². The van der Waals surface area contributed by atoms with Crippen LogP contribution in [0.4, 0.5) is 18.3 Å². The fourth-order valence-electron chi connectivity index (χ4n) is 2.41. The van der Waals surface area contributed by atoms with Gasteiger partial charge < -0.3 is 9.64 Å². The van der Waals surface area contributed by atoms with E-state index in [9.17, 15) is 18.0 Å². The summed E-state index contributed by atoms with van der Waals surface area (Å²) in [6.07, 6.45) is -3.54. The predicted octanol–water partition coefficient (Wildman–Crippen LogP) is 3.32. The second-order valence-electron chi connectivity index (χ2n) is 5.76. The van der Waals surface area contributed by atoms with E-state index < -0.39 is 12.8 Å². The average Bonchev–Trinajstić information content (AvgIpc) is 2.94. The van der Waals surface area contributed by atoms with Crippen molar-refractivity contribution in [3.05, 3.63) is 40.4 Å². The zero-order valence-corrected chi connectivity index (χ0v) is 14.2. The van der Waals surface area contributed by atoms with Crippen molar-refractivity contribution in [1.29, 1.82) is 0 Å². The molecule has 0 saturated carbocycles. The molecule has 2 heterocycles. The van der Waals surface area contributed by atoms with Crippen molar-refractivity contribution < 1.29 is 22.7 Å². The van der Waals surface area contributed by atoms with Crippen LogP contribution in [0.15, 0.2) is 24.3 Å². The molecule has 2 aromatic rings. The third kappa shape index (κ3) is 4.70. The number of nitrogens with one attached hydrogen (secondary N) is 1. The summed E-state index contributed by atoms with van der Waals surface area (Å²) < 4.78 is 41.0. The number of hydrogen-bond acceptors (Lipinski definition) is 5. The minimum absolute atomic E-state index is 0.0571. The van der Waals surface area contributed by atoms with Gasteiger partial charge in [0.2, 0.25) is 0 Å². The Kier molecular flexibility index (Phi) is 4.96. The van der Waals surface area contributed by atoms with Crippen LogP contribution in [0, 0.1) is 0 Å². The molecule has 0 saturated heterocycles. The van der Waals surface area contributed by atoms with Crippen LogP contribution in [-0.4, -0.2) is 42.2 Å². The summed E-state index contributed by atoms with van der Waals surface area (Å²) in [5.74, 6) is -0.302. The van der Waals surface area contributed by atoms with E-state index in [4.69, 9.17) is 0 Å². The summed E-state index contributed by atoms with van der Waals surface area (Å²) in [7, 11) is 2.03. The molecule has 1 aliphatic rings. The molecule has 1 aromatic carbocycles. The molecule has 0 atom stereocenters. The van der Waals surface area contributed by atoms with Gasteiger partial charge in [0.05, 0.1) is 5.69 Å². The molecule has 1 aromatic heterocycles. The zero-order chi connectivity index (χ0) is 18.0. The highest BCUT2D eigenvalue weighted by molar-refractivity contribution is 7.15. The standard InChI is InChI=1S/C16H16F3N3O2S/c1-22-7-6-12-13(8-22)25-15(20-12)21-14(23)10-2-4-11(5-3-10)24-9-16(17,18)19/h2-5H,6-9H2,1H3,(H,20,21,23). The number of amides is 1. The van der Waals surface area contributed by atoms with Crippen molar-refractivity contribution in [2.45, 2.75) is 19.1 Å². The SMILES string of the molecule is CN1CCc2nc(NC(=O)c3ccc(OCC(F)(F)F)cc3)sc2C1. The molecule has 9 heteroatoms. The summed E-state index contributed by atoms with van der Waals surface area (Å²) in [6.45, 7) is 0.384. The van der Waals surface area contributed by atoms with Crippen molar-refractivity contribution in [2.24, 2.45) is 0 Å². The normalized spacial score (nSPS) is 14.9. The molecule has 134 valence electrons. The van der Waals surface area contributed by atoms with E-state index >= 15 is 0 Å². The molecule has 0 bridgehead atoms. The van der Waals surface area contributed by atoms with Gasteiger partial charge in [-0.25, -0.2) is 4.98 Å². The number of benzene rings is 1. The number of aromatic nitrogens is 1. The van der Waals surface area contributed by atoms with E-state index in [1.165, 1.54) is 35.6 Å². The molecule has 25 heavy (non-hydrogen) atoms. The average molecular weight is 371 g/mol. The Balaban J connectivity index is 1.62. The minimum Gasteiger partial charge on any atom is -0.484 e. The molecule has 1 N–H and O–H groups in total. The van der Waals surface area contributed by atoms with Crippen LogP contribution < -0.4 is 10.1 Å². The number of fused-ring (bicyclic) bond motifs is 1. The fourth-order valence-corrected chi connectivity index (χ4v) is 3.50. The number of ether oxygens (including phenoxy) is 1. The number of rotatable bonds is 4. The first kappa shape index (κ1) is 17.7. The monoisotopic (exact) mass is 371 g/mol. The van der Waals surface area contributed by atoms with Gasteiger partial charge in [0.15, 0.2) is 11.7 Å². The maximum absolute atomic E-state index is 12.2. The summed E-state index contributed by atoms with van der Waals surface area (Å²) in [5, 5.41) is 3.27. The largest absolute Gasteiger partial charge is 0.484 e. The van der Waals surface area contributed by atoms with Crippen LogP contribution in [0.1, 0.15) is 20.9 Å². The van der Waals surface area contributed by atoms with Crippen LogP contribution in [0.3, 0.4) is 0 Å². The van der Waals surface area contributed by atoms with Gasteiger partial charge in [-0.15, -0.1) is 11.3 Å². The van der Waals surface area contributed by atoms with Crippen LogP contribution in [0.5, 0.6) is 5.75 Å². The van der Waals surface area contributed by atoms with Crippen LogP contribution in [-0.2, 0) is 13.0 Å². The maximum Gasteiger partial charge on any atom is 0.422 e. The third-order valence-electron chi connectivity index (χ3n) is 3.66. The van der Waals surface area contributed by atoms with Crippen molar-refractivity contribution in [3.63, 3.8) is 0 Å².